The number of hydrogen-bond donors (Lipinski definition) is 1. The summed E-state index contributed by atoms with van der Waals surface area (Å²) in [5.41, 5.74) is 6.15. The van der Waals surface area contributed by atoms with Crippen LogP contribution in [0, 0.1) is 12.8 Å². The average Bonchev–Trinajstić information content (AvgIpc) is 2.91. The van der Waals surface area contributed by atoms with Gasteiger partial charge in [0.15, 0.2) is 0 Å². The zero-order valence-electron chi connectivity index (χ0n) is 21.1. The third-order valence-electron chi connectivity index (χ3n) is 7.52. The molecular weight excluding hydrogens is 442 g/mol. The van der Waals surface area contributed by atoms with Gasteiger partial charge in [-0.2, -0.15) is 0 Å². The minimum atomic E-state index is 0.352. The van der Waals surface area contributed by atoms with Crippen LogP contribution in [0.15, 0.2) is 65.8 Å². The van der Waals surface area contributed by atoms with Crippen molar-refractivity contribution in [1.82, 2.24) is 14.5 Å². The lowest BCUT2D eigenvalue weighted by molar-refractivity contribution is 0.346. The van der Waals surface area contributed by atoms with Crippen LogP contribution in [0.4, 0.5) is 11.4 Å². The van der Waals surface area contributed by atoms with Crippen LogP contribution in [-0.2, 0) is 0 Å². The second kappa shape index (κ2) is 9.73. The summed E-state index contributed by atoms with van der Waals surface area (Å²) in [5, 5.41) is 6.86. The zero-order chi connectivity index (χ0) is 24.5. The van der Waals surface area contributed by atoms with Crippen molar-refractivity contribution in [1.29, 1.82) is 0 Å². The molecule has 4 aliphatic rings. The summed E-state index contributed by atoms with van der Waals surface area (Å²) in [4.78, 5) is 14.9. The van der Waals surface area contributed by atoms with E-state index in [9.17, 15) is 0 Å². The minimum absolute atomic E-state index is 0.352. The number of benzene rings is 2. The Kier molecular flexibility index (Phi) is 6.14. The Bertz CT molecular complexity index is 1540. The highest BCUT2D eigenvalue weighted by atomic mass is 15.0. The topological polar surface area (TPSA) is 55.1 Å². The molecule has 0 bridgehead atoms. The molecule has 5 nitrogen and oxygen atoms in total. The second-order valence-corrected chi connectivity index (χ2v) is 10.2. The van der Waals surface area contributed by atoms with Crippen LogP contribution in [0.1, 0.15) is 51.1 Å². The number of rotatable bonds is 4. The highest BCUT2D eigenvalue weighted by Gasteiger charge is 2.20. The maximum absolute atomic E-state index is 5.33. The lowest BCUT2D eigenvalue weighted by Gasteiger charge is -2.24. The quantitative estimate of drug-likeness (QED) is 0.438. The van der Waals surface area contributed by atoms with Crippen LogP contribution in [0.2, 0.25) is 0 Å². The van der Waals surface area contributed by atoms with Gasteiger partial charge in [0.25, 0.3) is 0 Å². The lowest BCUT2D eigenvalue weighted by Crippen LogP contribution is -2.40. The first-order chi connectivity index (χ1) is 17.7. The van der Waals surface area contributed by atoms with E-state index in [0.717, 1.165) is 76.5 Å². The predicted molar refractivity (Wildman–Crippen MR) is 147 cm³/mol. The fourth-order valence-corrected chi connectivity index (χ4v) is 5.44. The van der Waals surface area contributed by atoms with Gasteiger partial charge in [-0.25, -0.2) is 4.98 Å². The van der Waals surface area contributed by atoms with Crippen LogP contribution < -0.4 is 21.4 Å². The molecule has 1 N–H and O–H groups in total. The van der Waals surface area contributed by atoms with Crippen molar-refractivity contribution in [2.24, 2.45) is 10.9 Å². The van der Waals surface area contributed by atoms with E-state index < -0.39 is 0 Å². The first-order valence-electron chi connectivity index (χ1n) is 13.2. The Morgan fingerprint density at radius 2 is 1.72 bits per heavy atom. The van der Waals surface area contributed by atoms with Gasteiger partial charge in [0, 0.05) is 11.9 Å². The summed E-state index contributed by atoms with van der Waals surface area (Å²) in [6.07, 6.45) is 13.2. The average molecular weight is 476 g/mol. The Morgan fingerprint density at radius 1 is 0.917 bits per heavy atom. The molecule has 0 unspecified atom stereocenters. The van der Waals surface area contributed by atoms with Crippen molar-refractivity contribution in [3.63, 3.8) is 0 Å². The zero-order valence-corrected chi connectivity index (χ0v) is 21.1. The lowest BCUT2D eigenvalue weighted by atomic mass is 9.88. The van der Waals surface area contributed by atoms with Gasteiger partial charge in [0.2, 0.25) is 0 Å². The van der Waals surface area contributed by atoms with Crippen LogP contribution in [0.3, 0.4) is 0 Å². The highest BCUT2D eigenvalue weighted by Crippen LogP contribution is 2.27. The van der Waals surface area contributed by atoms with Gasteiger partial charge in [-0.15, -0.1) is 0 Å². The molecule has 3 aliphatic carbocycles. The number of fused-ring (bicyclic) bond motifs is 2. The molecule has 2 aromatic rings. The molecular formula is C31H33N5. The molecule has 182 valence electrons. The molecule has 2 heterocycles. The molecule has 36 heavy (non-hydrogen) atoms. The number of hydrogen-bond acceptors (Lipinski definition) is 4. The van der Waals surface area contributed by atoms with Gasteiger partial charge in [-0.1, -0.05) is 37.3 Å². The molecule has 6 rings (SSSR count). The summed E-state index contributed by atoms with van der Waals surface area (Å²) >= 11 is 0. The monoisotopic (exact) mass is 475 g/mol. The van der Waals surface area contributed by atoms with Crippen molar-refractivity contribution < 1.29 is 0 Å². The molecule has 1 fully saturated rings. The first-order valence-corrected chi connectivity index (χ1v) is 13.2. The summed E-state index contributed by atoms with van der Waals surface area (Å²) in [7, 11) is 0. The van der Waals surface area contributed by atoms with E-state index in [2.05, 4.69) is 82.5 Å². The third kappa shape index (κ3) is 4.46. The summed E-state index contributed by atoms with van der Waals surface area (Å²) < 4.78 is 2.36. The number of pyridine rings is 1. The van der Waals surface area contributed by atoms with Gasteiger partial charge in [-0.05, 0) is 87.8 Å². The number of anilines is 2. The SMILES string of the molecule is Cc1ncccc1Nc1cc2nc3c(n(-c4ccccc4)c-2cc1=NC1CCC(C)CC1)=CCCC=3. The molecule has 0 spiro atoms. The van der Waals surface area contributed by atoms with Gasteiger partial charge in [0.05, 0.1) is 50.6 Å². The van der Waals surface area contributed by atoms with Crippen LogP contribution in [0.25, 0.3) is 29.2 Å². The van der Waals surface area contributed by atoms with Gasteiger partial charge in [-0.3, -0.25) is 9.98 Å². The fourth-order valence-electron chi connectivity index (χ4n) is 5.44. The van der Waals surface area contributed by atoms with Gasteiger partial charge in [0.1, 0.15) is 0 Å². The number of aromatic nitrogens is 3. The third-order valence-corrected chi connectivity index (χ3v) is 7.52. The molecule has 0 radical (unpaired) electrons. The Morgan fingerprint density at radius 3 is 2.53 bits per heavy atom. The van der Waals surface area contributed by atoms with E-state index in [1.807, 2.05) is 19.2 Å². The predicted octanol–water partition coefficient (Wildman–Crippen LogP) is 5.26. The molecule has 1 saturated carbocycles. The smallest absolute Gasteiger partial charge is 0.0900 e. The number of nitrogens with one attached hydrogen (secondary N) is 1. The van der Waals surface area contributed by atoms with Gasteiger partial charge < -0.3 is 9.88 Å². The number of nitrogens with zero attached hydrogens (tertiary/aromatic N) is 4. The Balaban J connectivity index is 1.61. The maximum Gasteiger partial charge on any atom is 0.0900 e. The second-order valence-electron chi connectivity index (χ2n) is 10.2. The van der Waals surface area contributed by atoms with Crippen LogP contribution in [-0.4, -0.2) is 20.6 Å². The van der Waals surface area contributed by atoms with Crippen molar-refractivity contribution in [3.8, 4) is 17.1 Å². The van der Waals surface area contributed by atoms with Crippen LogP contribution >= 0.6 is 0 Å². The van der Waals surface area contributed by atoms with E-state index in [4.69, 9.17) is 9.98 Å². The molecule has 0 saturated heterocycles. The molecule has 0 amide bonds. The van der Waals surface area contributed by atoms with Crippen molar-refractivity contribution in [2.45, 2.75) is 58.4 Å². The first kappa shape index (κ1) is 22.7. The molecule has 1 aromatic heterocycles. The highest BCUT2D eigenvalue weighted by molar-refractivity contribution is 5.71. The molecule has 1 aromatic carbocycles. The largest absolute Gasteiger partial charge is 0.352 e. The van der Waals surface area contributed by atoms with E-state index in [1.165, 1.54) is 18.2 Å². The normalized spacial score (nSPS) is 19.9. The number of para-hydroxylation sites is 1. The maximum atomic E-state index is 5.33. The molecule has 5 heteroatoms. The fraction of sp³-hybridized carbons (Fsp3) is 0.323. The standard InChI is InChI=1S/C31H33N5/c1-21-14-16-23(17-15-21)33-28-20-31-29(19-27(28)34-25-12-8-18-32-22(25)2)35-26-11-6-7-13-30(26)36(31)24-9-4-3-5-10-24/h3-5,8-13,18-21,23,34H,6-7,14-17H2,1-2H3. The van der Waals surface area contributed by atoms with Crippen molar-refractivity contribution in [2.75, 3.05) is 5.32 Å². The Labute approximate surface area is 212 Å². The summed E-state index contributed by atoms with van der Waals surface area (Å²) in [5.74, 6) is 0.798. The van der Waals surface area contributed by atoms with Crippen molar-refractivity contribution >= 4 is 23.5 Å². The summed E-state index contributed by atoms with van der Waals surface area (Å²) in [6, 6.07) is 19.4. The van der Waals surface area contributed by atoms with E-state index in [1.54, 1.807) is 0 Å². The van der Waals surface area contributed by atoms with E-state index >= 15 is 0 Å². The van der Waals surface area contributed by atoms with Gasteiger partial charge >= 0.3 is 0 Å². The summed E-state index contributed by atoms with van der Waals surface area (Å²) in [6.45, 7) is 4.39. The number of aryl methyl sites for hydroxylation is 1. The van der Waals surface area contributed by atoms with E-state index in [0.29, 0.717) is 6.04 Å². The van der Waals surface area contributed by atoms with E-state index in [-0.39, 0.29) is 0 Å². The molecule has 0 atom stereocenters. The van der Waals surface area contributed by atoms with Crippen LogP contribution in [0.5, 0.6) is 0 Å². The Hall–Kier alpha value is -3.73. The molecule has 1 aliphatic heterocycles. The minimum Gasteiger partial charge on any atom is -0.352 e. The van der Waals surface area contributed by atoms with Crippen molar-refractivity contribution in [3.05, 3.63) is 82.5 Å².